The van der Waals surface area contributed by atoms with Gasteiger partial charge in [-0.2, -0.15) is 0 Å². The topological polar surface area (TPSA) is 9.86 Å². The first-order valence-electron chi connectivity index (χ1n) is 16.3. The summed E-state index contributed by atoms with van der Waals surface area (Å²) in [5.41, 5.74) is 15.2. The number of aryl methyl sites for hydroxylation is 1. The second-order valence-electron chi connectivity index (χ2n) is 12.7. The molecule has 1 atom stereocenters. The highest BCUT2D eigenvalue weighted by molar-refractivity contribution is 5.95. The Morgan fingerprint density at radius 2 is 1.34 bits per heavy atom. The monoisotopic (exact) mass is 568 g/mol. The van der Waals surface area contributed by atoms with Crippen LogP contribution >= 0.6 is 0 Å². The molecule has 0 fully saturated rings. The number of nitrogens with zero attached hydrogens (tertiary/aromatic N) is 2. The summed E-state index contributed by atoms with van der Waals surface area (Å²) in [7, 11) is 0. The molecular formula is C42H36N2. The molecule has 3 aliphatic carbocycles. The van der Waals surface area contributed by atoms with E-state index in [1.54, 1.807) is 0 Å². The van der Waals surface area contributed by atoms with Crippen molar-refractivity contribution in [1.29, 1.82) is 0 Å². The predicted molar refractivity (Wildman–Crippen MR) is 186 cm³/mol. The van der Waals surface area contributed by atoms with Gasteiger partial charge in [0.2, 0.25) is 0 Å². The van der Waals surface area contributed by atoms with Gasteiger partial charge >= 0.3 is 0 Å². The Kier molecular flexibility index (Phi) is 6.07. The van der Waals surface area contributed by atoms with Crippen LogP contribution in [-0.4, -0.2) is 9.13 Å². The second kappa shape index (κ2) is 10.4. The van der Waals surface area contributed by atoms with Crippen LogP contribution in [0.15, 0.2) is 115 Å². The maximum atomic E-state index is 2.53. The summed E-state index contributed by atoms with van der Waals surface area (Å²) in [4.78, 5) is 0. The van der Waals surface area contributed by atoms with Gasteiger partial charge in [-0.25, -0.2) is 0 Å². The fourth-order valence-electron chi connectivity index (χ4n) is 8.06. The maximum absolute atomic E-state index is 2.53. The van der Waals surface area contributed by atoms with E-state index in [1.165, 1.54) is 78.8 Å². The first-order valence-corrected chi connectivity index (χ1v) is 16.3. The summed E-state index contributed by atoms with van der Waals surface area (Å²) in [6.45, 7) is 0. The highest BCUT2D eigenvalue weighted by Crippen LogP contribution is 2.41. The number of hydrogen-bond donors (Lipinski definition) is 0. The highest BCUT2D eigenvalue weighted by atomic mass is 15.0. The number of aromatic nitrogens is 2. The van der Waals surface area contributed by atoms with Crippen molar-refractivity contribution in [3.63, 3.8) is 0 Å². The van der Waals surface area contributed by atoms with Gasteiger partial charge in [-0.05, 0) is 128 Å². The molecule has 0 saturated heterocycles. The molecule has 1 unspecified atom stereocenters. The smallest absolute Gasteiger partial charge is 0.0538 e. The molecule has 44 heavy (non-hydrogen) atoms. The van der Waals surface area contributed by atoms with Crippen molar-refractivity contribution in [2.45, 2.75) is 50.9 Å². The number of allylic oxidation sites excluding steroid dienone is 4. The van der Waals surface area contributed by atoms with Crippen molar-refractivity contribution in [3.8, 4) is 11.4 Å². The summed E-state index contributed by atoms with van der Waals surface area (Å²) < 4.78 is 4.94. The fraction of sp³-hybridized carbons (Fsp3) is 0.190. The van der Waals surface area contributed by atoms with Gasteiger partial charge < -0.3 is 9.13 Å². The van der Waals surface area contributed by atoms with E-state index in [0.717, 1.165) is 38.5 Å². The first-order chi connectivity index (χ1) is 21.8. The van der Waals surface area contributed by atoms with E-state index in [0.29, 0.717) is 5.92 Å². The number of fused-ring (bicyclic) bond motifs is 6. The summed E-state index contributed by atoms with van der Waals surface area (Å²) in [6.07, 6.45) is 19.7. The Morgan fingerprint density at radius 1 is 0.614 bits per heavy atom. The SMILES string of the molecule is C1=Cc2c(c3cc(C4CC=C(c5ccc6c(c5)c5c(n6-c6ccccc6)CCC=C5)CC4)ccc3n2-c2ccccc2)CC1. The van der Waals surface area contributed by atoms with Crippen LogP contribution in [0.2, 0.25) is 0 Å². The van der Waals surface area contributed by atoms with Crippen molar-refractivity contribution < 1.29 is 0 Å². The van der Waals surface area contributed by atoms with E-state index in [2.05, 4.69) is 137 Å². The Balaban J connectivity index is 1.05. The van der Waals surface area contributed by atoms with E-state index in [9.17, 15) is 0 Å². The maximum Gasteiger partial charge on any atom is 0.0538 e. The molecule has 6 aromatic rings. The van der Waals surface area contributed by atoms with Crippen molar-refractivity contribution in [2.75, 3.05) is 0 Å². The van der Waals surface area contributed by atoms with Crippen LogP contribution in [0.4, 0.5) is 0 Å². The van der Waals surface area contributed by atoms with Gasteiger partial charge in [0.05, 0.1) is 11.0 Å². The first kappa shape index (κ1) is 25.7. The lowest BCUT2D eigenvalue weighted by molar-refractivity contribution is 0.626. The van der Waals surface area contributed by atoms with Crippen LogP contribution in [0.25, 0.3) is 50.9 Å². The minimum Gasteiger partial charge on any atom is -0.313 e. The molecular weight excluding hydrogens is 532 g/mol. The van der Waals surface area contributed by atoms with Crippen LogP contribution in [0, 0.1) is 0 Å². The molecule has 0 aliphatic heterocycles. The lowest BCUT2D eigenvalue weighted by Gasteiger charge is -2.23. The van der Waals surface area contributed by atoms with Crippen LogP contribution in [0.1, 0.15) is 71.7 Å². The van der Waals surface area contributed by atoms with Crippen molar-refractivity contribution in [1.82, 2.24) is 9.13 Å². The molecule has 3 aliphatic rings. The molecule has 2 aromatic heterocycles. The molecule has 0 bridgehead atoms. The van der Waals surface area contributed by atoms with Crippen molar-refractivity contribution in [3.05, 3.63) is 149 Å². The average Bonchev–Trinajstić information content (AvgIpc) is 3.61. The molecule has 2 heterocycles. The standard InChI is InChI=1S/C42H36N2/c1-3-11-33(12-4-1)43-39-17-9-7-15-35(39)37-27-31(23-25-41(37)43)29-19-21-30(22-20-29)32-24-26-42-38(28-32)36-16-8-10-18-40(36)44(42)34-13-5-2-6-14-34/h1-7,10-15,18-19,23-28,30H,8-9,16-17,20-22H2. The summed E-state index contributed by atoms with van der Waals surface area (Å²) in [5, 5.41) is 2.82. The van der Waals surface area contributed by atoms with Gasteiger partial charge in [-0.3, -0.25) is 0 Å². The normalized spacial score (nSPS) is 17.5. The molecule has 0 spiro atoms. The summed E-state index contributed by atoms with van der Waals surface area (Å²) >= 11 is 0. The third-order valence-corrected chi connectivity index (χ3v) is 10.2. The zero-order valence-electron chi connectivity index (χ0n) is 25.0. The minimum atomic E-state index is 0.566. The Bertz CT molecular complexity index is 2130. The van der Waals surface area contributed by atoms with Gasteiger partial charge in [-0.15, -0.1) is 0 Å². The molecule has 0 saturated carbocycles. The van der Waals surface area contributed by atoms with Gasteiger partial charge in [0.15, 0.2) is 0 Å². The Labute approximate surface area is 259 Å². The third kappa shape index (κ3) is 4.08. The van der Waals surface area contributed by atoms with Gasteiger partial charge in [0.25, 0.3) is 0 Å². The molecule has 2 heteroatoms. The molecule has 9 rings (SSSR count). The summed E-state index contributed by atoms with van der Waals surface area (Å²) in [6, 6.07) is 36.2. The van der Waals surface area contributed by atoms with E-state index >= 15 is 0 Å². The van der Waals surface area contributed by atoms with Crippen LogP contribution in [0.3, 0.4) is 0 Å². The number of para-hydroxylation sites is 2. The van der Waals surface area contributed by atoms with Gasteiger partial charge in [-0.1, -0.05) is 72.8 Å². The number of rotatable bonds is 4. The summed E-state index contributed by atoms with van der Waals surface area (Å²) in [5.74, 6) is 0.566. The minimum absolute atomic E-state index is 0.566. The average molecular weight is 569 g/mol. The van der Waals surface area contributed by atoms with Crippen LogP contribution < -0.4 is 0 Å². The molecule has 0 amide bonds. The largest absolute Gasteiger partial charge is 0.313 e. The molecule has 0 radical (unpaired) electrons. The molecule has 0 N–H and O–H groups in total. The highest BCUT2D eigenvalue weighted by Gasteiger charge is 2.23. The molecule has 2 nitrogen and oxygen atoms in total. The van der Waals surface area contributed by atoms with Crippen LogP contribution in [0.5, 0.6) is 0 Å². The molecule has 214 valence electrons. The zero-order chi connectivity index (χ0) is 29.0. The van der Waals surface area contributed by atoms with Crippen molar-refractivity contribution in [2.24, 2.45) is 0 Å². The van der Waals surface area contributed by atoms with E-state index < -0.39 is 0 Å². The number of benzene rings is 4. The zero-order valence-corrected chi connectivity index (χ0v) is 25.0. The van der Waals surface area contributed by atoms with Gasteiger partial charge in [0, 0.05) is 39.1 Å². The van der Waals surface area contributed by atoms with E-state index in [-0.39, 0.29) is 0 Å². The quantitative estimate of drug-likeness (QED) is 0.200. The lowest BCUT2D eigenvalue weighted by Crippen LogP contribution is -2.04. The van der Waals surface area contributed by atoms with Gasteiger partial charge in [0.1, 0.15) is 0 Å². The molecule has 4 aromatic carbocycles. The van der Waals surface area contributed by atoms with E-state index in [1.807, 2.05) is 0 Å². The van der Waals surface area contributed by atoms with E-state index in [4.69, 9.17) is 0 Å². The predicted octanol–water partition coefficient (Wildman–Crippen LogP) is 10.8. The second-order valence-corrected chi connectivity index (χ2v) is 12.7. The third-order valence-electron chi connectivity index (χ3n) is 10.2. The van der Waals surface area contributed by atoms with Crippen LogP contribution in [-0.2, 0) is 12.8 Å². The lowest BCUT2D eigenvalue weighted by atomic mass is 9.82. The Morgan fingerprint density at radius 3 is 2.14 bits per heavy atom. The van der Waals surface area contributed by atoms with Crippen molar-refractivity contribution >= 4 is 39.5 Å². The fourth-order valence-corrected chi connectivity index (χ4v) is 8.06. The number of hydrogen-bond acceptors (Lipinski definition) is 0. The Hall–Kier alpha value is -4.82.